The monoisotopic (exact) mass is 267 g/mol. The first-order valence-electron chi connectivity index (χ1n) is 6.70. The third-order valence-electron chi connectivity index (χ3n) is 2.91. The van der Waals surface area contributed by atoms with E-state index in [1.54, 1.807) is 0 Å². The molecule has 0 bridgehead atoms. The van der Waals surface area contributed by atoms with Gasteiger partial charge in [-0.05, 0) is 27.2 Å². The molecule has 1 rings (SSSR count). The Morgan fingerprint density at radius 2 is 2.16 bits per heavy atom. The van der Waals surface area contributed by atoms with Gasteiger partial charge in [0.1, 0.15) is 0 Å². The molecular weight excluding hydrogens is 242 g/mol. The number of carbonyl (C=O) groups excluding carboxylic acids is 1. The van der Waals surface area contributed by atoms with Crippen LogP contribution in [-0.4, -0.2) is 35.8 Å². The number of aryl methyl sites for hydroxylation is 1. The Kier molecular flexibility index (Phi) is 5.20. The number of hydrogen-bond acceptors (Lipinski definition) is 4. The number of nitrogens with one attached hydrogen (secondary N) is 1. The maximum Gasteiger partial charge on any atom is 0.239 e. The summed E-state index contributed by atoms with van der Waals surface area (Å²) in [6.07, 6.45) is 0.931. The number of likely N-dealkylation sites (N-methyl/N-ethyl adjacent to an activating group) is 1. The minimum atomic E-state index is -0.00194. The predicted octanol–water partition coefficient (Wildman–Crippen LogP) is 1.32. The lowest BCUT2D eigenvalue weighted by atomic mass is 10.3. The van der Waals surface area contributed by atoms with Gasteiger partial charge in [-0.1, -0.05) is 6.92 Å². The Morgan fingerprint density at radius 3 is 2.68 bits per heavy atom. The fourth-order valence-electron chi connectivity index (χ4n) is 1.90. The molecule has 0 unspecified atom stereocenters. The summed E-state index contributed by atoms with van der Waals surface area (Å²) in [5, 5.41) is 7.28. The van der Waals surface area contributed by atoms with Crippen molar-refractivity contribution in [2.75, 3.05) is 30.8 Å². The van der Waals surface area contributed by atoms with Crippen LogP contribution in [-0.2, 0) is 4.79 Å². The number of hydrogen-bond donors (Lipinski definition) is 2. The van der Waals surface area contributed by atoms with Crippen LogP contribution in [0.4, 0.5) is 11.5 Å². The van der Waals surface area contributed by atoms with Gasteiger partial charge < -0.3 is 16.0 Å². The minimum Gasteiger partial charge on any atom is -0.394 e. The van der Waals surface area contributed by atoms with Gasteiger partial charge in [0.2, 0.25) is 5.91 Å². The second-order valence-corrected chi connectivity index (χ2v) is 5.07. The fraction of sp³-hybridized carbons (Fsp3) is 0.692. The lowest BCUT2D eigenvalue weighted by Crippen LogP contribution is -2.36. The predicted molar refractivity (Wildman–Crippen MR) is 78.3 cm³/mol. The average molecular weight is 267 g/mol. The normalized spacial score (nSPS) is 10.8. The third kappa shape index (κ3) is 3.62. The number of amides is 1. The Balaban J connectivity index is 2.87. The van der Waals surface area contributed by atoms with Crippen molar-refractivity contribution < 1.29 is 4.79 Å². The summed E-state index contributed by atoms with van der Waals surface area (Å²) in [5.74, 6) is 0.803. The molecule has 19 heavy (non-hydrogen) atoms. The largest absolute Gasteiger partial charge is 0.394 e. The lowest BCUT2D eigenvalue weighted by molar-refractivity contribution is -0.119. The summed E-state index contributed by atoms with van der Waals surface area (Å²) in [5.41, 5.74) is 7.50. The Bertz CT molecular complexity index is 438. The highest BCUT2D eigenvalue weighted by Crippen LogP contribution is 2.28. The summed E-state index contributed by atoms with van der Waals surface area (Å²) in [7, 11) is 1.86. The van der Waals surface area contributed by atoms with E-state index in [0.29, 0.717) is 12.2 Å². The zero-order valence-electron chi connectivity index (χ0n) is 12.5. The zero-order valence-corrected chi connectivity index (χ0v) is 12.5. The van der Waals surface area contributed by atoms with E-state index in [1.807, 2.05) is 44.3 Å². The van der Waals surface area contributed by atoms with Crippen molar-refractivity contribution in [2.24, 2.45) is 0 Å². The molecule has 0 aliphatic heterocycles. The van der Waals surface area contributed by atoms with E-state index in [1.165, 1.54) is 0 Å². The number of nitrogens with zero attached hydrogens (tertiary/aromatic N) is 3. The molecule has 0 saturated heterocycles. The number of rotatable bonds is 6. The van der Waals surface area contributed by atoms with Crippen molar-refractivity contribution in [3.05, 3.63) is 5.69 Å². The second-order valence-electron chi connectivity index (χ2n) is 5.07. The van der Waals surface area contributed by atoms with Crippen LogP contribution in [0.5, 0.6) is 0 Å². The van der Waals surface area contributed by atoms with E-state index in [0.717, 1.165) is 17.9 Å². The Morgan fingerprint density at radius 1 is 1.53 bits per heavy atom. The van der Waals surface area contributed by atoms with Gasteiger partial charge in [0.25, 0.3) is 0 Å². The van der Waals surface area contributed by atoms with E-state index in [-0.39, 0.29) is 18.5 Å². The average Bonchev–Trinajstić information content (AvgIpc) is 2.63. The Labute approximate surface area is 114 Å². The van der Waals surface area contributed by atoms with Crippen molar-refractivity contribution in [1.29, 1.82) is 0 Å². The van der Waals surface area contributed by atoms with Crippen LogP contribution < -0.4 is 16.0 Å². The molecule has 0 fully saturated rings. The molecule has 0 spiro atoms. The van der Waals surface area contributed by atoms with Crippen LogP contribution in [0.1, 0.15) is 38.9 Å². The Hall–Kier alpha value is -1.72. The highest BCUT2D eigenvalue weighted by Gasteiger charge is 2.19. The van der Waals surface area contributed by atoms with Crippen LogP contribution in [0.2, 0.25) is 0 Å². The summed E-state index contributed by atoms with van der Waals surface area (Å²) < 4.78 is 1.86. The van der Waals surface area contributed by atoms with E-state index in [4.69, 9.17) is 5.73 Å². The molecule has 6 nitrogen and oxygen atoms in total. The van der Waals surface area contributed by atoms with Crippen LogP contribution in [0, 0.1) is 6.92 Å². The molecule has 0 aromatic carbocycles. The molecule has 0 aliphatic rings. The van der Waals surface area contributed by atoms with E-state index < -0.39 is 0 Å². The fourth-order valence-corrected chi connectivity index (χ4v) is 1.90. The standard InChI is InChI=1S/C13H25N5O/c1-6-7-15-11(19)8-17(5)13-12(14)10(4)16-18(13)9(2)3/h9H,6-8,14H2,1-5H3,(H,15,19). The molecule has 0 radical (unpaired) electrons. The van der Waals surface area contributed by atoms with Crippen molar-refractivity contribution in [1.82, 2.24) is 15.1 Å². The summed E-state index contributed by atoms with van der Waals surface area (Å²) in [6, 6.07) is 0.201. The molecule has 0 atom stereocenters. The van der Waals surface area contributed by atoms with Crippen molar-refractivity contribution in [3.63, 3.8) is 0 Å². The first-order valence-corrected chi connectivity index (χ1v) is 6.70. The van der Waals surface area contributed by atoms with E-state index in [2.05, 4.69) is 10.4 Å². The van der Waals surface area contributed by atoms with Gasteiger partial charge in [-0.3, -0.25) is 4.79 Å². The molecule has 1 aromatic rings. The first kappa shape index (κ1) is 15.3. The molecule has 0 saturated carbocycles. The van der Waals surface area contributed by atoms with E-state index >= 15 is 0 Å². The molecular formula is C13H25N5O. The highest BCUT2D eigenvalue weighted by molar-refractivity contribution is 5.82. The maximum absolute atomic E-state index is 11.8. The number of carbonyl (C=O) groups is 1. The summed E-state index contributed by atoms with van der Waals surface area (Å²) in [4.78, 5) is 13.6. The first-order chi connectivity index (χ1) is 8.88. The molecule has 6 heteroatoms. The summed E-state index contributed by atoms with van der Waals surface area (Å²) >= 11 is 0. The molecule has 108 valence electrons. The minimum absolute atomic E-state index is 0.00194. The topological polar surface area (TPSA) is 76.2 Å². The van der Waals surface area contributed by atoms with Gasteiger partial charge in [-0.25, -0.2) is 4.68 Å². The second kappa shape index (κ2) is 6.45. The van der Waals surface area contributed by atoms with Crippen LogP contribution >= 0.6 is 0 Å². The van der Waals surface area contributed by atoms with Crippen molar-refractivity contribution in [2.45, 2.75) is 40.2 Å². The quantitative estimate of drug-likeness (QED) is 0.815. The van der Waals surface area contributed by atoms with Gasteiger partial charge in [0, 0.05) is 19.6 Å². The maximum atomic E-state index is 11.8. The van der Waals surface area contributed by atoms with E-state index in [9.17, 15) is 4.79 Å². The lowest BCUT2D eigenvalue weighted by Gasteiger charge is -2.22. The van der Waals surface area contributed by atoms with Gasteiger partial charge in [0.15, 0.2) is 5.82 Å². The number of nitrogens with two attached hydrogens (primary N) is 1. The SMILES string of the molecule is CCCNC(=O)CN(C)c1c(N)c(C)nn1C(C)C. The van der Waals surface area contributed by atoms with Crippen molar-refractivity contribution in [3.8, 4) is 0 Å². The third-order valence-corrected chi connectivity index (χ3v) is 2.91. The number of anilines is 2. The molecule has 1 aromatic heterocycles. The van der Waals surface area contributed by atoms with Gasteiger partial charge >= 0.3 is 0 Å². The molecule has 3 N–H and O–H groups in total. The van der Waals surface area contributed by atoms with Gasteiger partial charge in [-0.2, -0.15) is 5.10 Å². The molecule has 1 heterocycles. The smallest absolute Gasteiger partial charge is 0.239 e. The zero-order chi connectivity index (χ0) is 14.6. The molecule has 0 aliphatic carbocycles. The van der Waals surface area contributed by atoms with Crippen LogP contribution in [0.3, 0.4) is 0 Å². The summed E-state index contributed by atoms with van der Waals surface area (Å²) in [6.45, 7) is 8.97. The van der Waals surface area contributed by atoms with Crippen LogP contribution in [0.15, 0.2) is 0 Å². The van der Waals surface area contributed by atoms with Crippen molar-refractivity contribution >= 4 is 17.4 Å². The van der Waals surface area contributed by atoms with Gasteiger partial charge in [0.05, 0.1) is 17.9 Å². The number of nitrogen functional groups attached to an aromatic ring is 1. The molecule has 1 amide bonds. The van der Waals surface area contributed by atoms with Gasteiger partial charge in [-0.15, -0.1) is 0 Å². The van der Waals surface area contributed by atoms with Crippen LogP contribution in [0.25, 0.3) is 0 Å². The number of aromatic nitrogens is 2. The highest BCUT2D eigenvalue weighted by atomic mass is 16.2.